The maximum atomic E-state index is 9.63. The van der Waals surface area contributed by atoms with Crippen LogP contribution in [0.25, 0.3) is 10.2 Å². The van der Waals surface area contributed by atoms with Gasteiger partial charge in [0.05, 0.1) is 17.6 Å². The average molecular weight is 266 g/mol. The summed E-state index contributed by atoms with van der Waals surface area (Å²) in [4.78, 5) is 11.6. The number of nitrogens with zero attached hydrogens (tertiary/aromatic N) is 3. The number of fused-ring (bicyclic) bond motifs is 1. The fourth-order valence-corrected chi connectivity index (χ4v) is 2.89. The van der Waals surface area contributed by atoms with Gasteiger partial charge >= 0.3 is 0 Å². The van der Waals surface area contributed by atoms with E-state index >= 15 is 0 Å². The second kappa shape index (κ2) is 4.34. The van der Waals surface area contributed by atoms with E-state index in [9.17, 15) is 10.2 Å². The molecule has 2 unspecified atom stereocenters. The van der Waals surface area contributed by atoms with E-state index in [-0.39, 0.29) is 0 Å². The molecule has 1 aliphatic heterocycles. The molecule has 0 radical (unpaired) electrons. The number of β-amino-alcohol motifs (C(OH)–C–C–N with tert-alkyl or cyclic N) is 2. The molecule has 1 aliphatic rings. The summed E-state index contributed by atoms with van der Waals surface area (Å²) in [6.45, 7) is 0.790. The molecule has 6 nitrogen and oxygen atoms in total. The van der Waals surface area contributed by atoms with Crippen LogP contribution in [-0.2, 0) is 0 Å². The highest BCUT2D eigenvalue weighted by atomic mass is 32.1. The van der Waals surface area contributed by atoms with Crippen LogP contribution in [0.1, 0.15) is 0 Å². The van der Waals surface area contributed by atoms with Gasteiger partial charge in [-0.25, -0.2) is 4.98 Å². The molecule has 1 saturated heterocycles. The lowest BCUT2D eigenvalue weighted by molar-refractivity contribution is 0.0572. The zero-order valence-electron chi connectivity index (χ0n) is 9.87. The molecule has 0 bridgehead atoms. The van der Waals surface area contributed by atoms with E-state index in [0.717, 1.165) is 16.0 Å². The molecule has 2 aromatic rings. The average Bonchev–Trinajstić information content (AvgIpc) is 2.95. The Morgan fingerprint density at radius 1 is 1.33 bits per heavy atom. The van der Waals surface area contributed by atoms with E-state index in [2.05, 4.69) is 15.3 Å². The topological polar surface area (TPSA) is 81.5 Å². The van der Waals surface area contributed by atoms with Gasteiger partial charge in [0.15, 0.2) is 0 Å². The summed E-state index contributed by atoms with van der Waals surface area (Å²) >= 11 is 1.55. The van der Waals surface area contributed by atoms with Crippen molar-refractivity contribution < 1.29 is 10.2 Å². The Hall–Kier alpha value is -1.44. The van der Waals surface area contributed by atoms with Gasteiger partial charge in [-0.15, -0.1) is 11.3 Å². The number of aliphatic hydroxyl groups excluding tert-OH is 2. The fourth-order valence-electron chi connectivity index (χ4n) is 2.14. The smallest absolute Gasteiger partial charge is 0.225 e. The number of anilines is 2. The fraction of sp³-hybridized carbons (Fsp3) is 0.455. The number of thiophene rings is 1. The number of hydrogen-bond donors (Lipinski definition) is 3. The molecule has 0 aliphatic carbocycles. The molecule has 3 heterocycles. The van der Waals surface area contributed by atoms with Gasteiger partial charge < -0.3 is 20.4 Å². The number of nitrogens with one attached hydrogen (secondary N) is 1. The van der Waals surface area contributed by atoms with Crippen LogP contribution in [0.3, 0.4) is 0 Å². The van der Waals surface area contributed by atoms with E-state index in [0.29, 0.717) is 19.0 Å². The predicted molar refractivity (Wildman–Crippen MR) is 71.2 cm³/mol. The van der Waals surface area contributed by atoms with Crippen molar-refractivity contribution in [2.45, 2.75) is 12.2 Å². The molecule has 96 valence electrons. The summed E-state index contributed by atoms with van der Waals surface area (Å²) in [6.07, 6.45) is -1.43. The first kappa shape index (κ1) is 11.6. The van der Waals surface area contributed by atoms with Gasteiger partial charge in [-0.2, -0.15) is 4.98 Å². The van der Waals surface area contributed by atoms with E-state index in [1.165, 1.54) is 0 Å². The highest BCUT2D eigenvalue weighted by Crippen LogP contribution is 2.31. The maximum absolute atomic E-state index is 9.63. The van der Waals surface area contributed by atoms with Crippen molar-refractivity contribution in [3.63, 3.8) is 0 Å². The van der Waals surface area contributed by atoms with Crippen molar-refractivity contribution in [2.75, 3.05) is 30.4 Å². The van der Waals surface area contributed by atoms with Crippen molar-refractivity contribution >= 4 is 33.3 Å². The van der Waals surface area contributed by atoms with Gasteiger partial charge in [0.1, 0.15) is 10.6 Å². The van der Waals surface area contributed by atoms with E-state index in [4.69, 9.17) is 0 Å². The zero-order valence-corrected chi connectivity index (χ0v) is 10.7. The molecule has 3 rings (SSSR count). The molecule has 3 N–H and O–H groups in total. The molecule has 7 heteroatoms. The van der Waals surface area contributed by atoms with Gasteiger partial charge in [0.2, 0.25) is 5.95 Å². The Kier molecular flexibility index (Phi) is 2.81. The first-order chi connectivity index (χ1) is 8.69. The summed E-state index contributed by atoms with van der Waals surface area (Å²) in [5.41, 5.74) is 0. The van der Waals surface area contributed by atoms with Crippen LogP contribution in [0.4, 0.5) is 11.8 Å². The Morgan fingerprint density at radius 2 is 2.06 bits per heavy atom. The van der Waals surface area contributed by atoms with Gasteiger partial charge in [-0.1, -0.05) is 0 Å². The summed E-state index contributed by atoms with van der Waals surface area (Å²) < 4.78 is 0. The van der Waals surface area contributed by atoms with Crippen LogP contribution < -0.4 is 10.2 Å². The van der Waals surface area contributed by atoms with Crippen LogP contribution in [0.5, 0.6) is 0 Å². The third kappa shape index (κ3) is 1.80. The lowest BCUT2D eigenvalue weighted by Crippen LogP contribution is -2.22. The minimum absolute atomic E-state index is 0.395. The van der Waals surface area contributed by atoms with Crippen LogP contribution in [0.15, 0.2) is 11.4 Å². The molecular weight excluding hydrogens is 252 g/mol. The van der Waals surface area contributed by atoms with Gasteiger partial charge in [0.25, 0.3) is 0 Å². The van der Waals surface area contributed by atoms with E-state index in [1.54, 1.807) is 18.4 Å². The highest BCUT2D eigenvalue weighted by Gasteiger charge is 2.31. The second-order valence-corrected chi connectivity index (χ2v) is 5.19. The van der Waals surface area contributed by atoms with Gasteiger partial charge in [-0.3, -0.25) is 0 Å². The van der Waals surface area contributed by atoms with Crippen molar-refractivity contribution in [3.05, 3.63) is 11.4 Å². The van der Waals surface area contributed by atoms with Crippen LogP contribution in [-0.4, -0.2) is 52.5 Å². The van der Waals surface area contributed by atoms with Gasteiger partial charge in [-0.05, 0) is 11.4 Å². The number of rotatable bonds is 2. The summed E-state index contributed by atoms with van der Waals surface area (Å²) in [7, 11) is 1.77. The quantitative estimate of drug-likeness (QED) is 0.724. The number of aromatic nitrogens is 2. The highest BCUT2D eigenvalue weighted by molar-refractivity contribution is 7.16. The zero-order chi connectivity index (χ0) is 12.7. The normalized spacial score (nSPS) is 23.8. The van der Waals surface area contributed by atoms with Crippen molar-refractivity contribution in [2.24, 2.45) is 0 Å². The molecule has 0 amide bonds. The minimum Gasteiger partial charge on any atom is -0.389 e. The van der Waals surface area contributed by atoms with Gasteiger partial charge in [0, 0.05) is 20.1 Å². The summed E-state index contributed by atoms with van der Waals surface area (Å²) in [6, 6.07) is 1.96. The van der Waals surface area contributed by atoms with Crippen molar-refractivity contribution in [1.82, 2.24) is 9.97 Å². The van der Waals surface area contributed by atoms with Crippen LogP contribution in [0.2, 0.25) is 0 Å². The third-order valence-electron chi connectivity index (χ3n) is 3.09. The lowest BCUT2D eigenvalue weighted by Gasteiger charge is -2.17. The third-order valence-corrected chi connectivity index (χ3v) is 3.89. The Labute approximate surface area is 108 Å². The molecule has 0 aromatic carbocycles. The minimum atomic E-state index is -0.716. The monoisotopic (exact) mass is 266 g/mol. The predicted octanol–water partition coefficient (Wildman–Crippen LogP) is 0.275. The molecular formula is C11H14N4O2S. The molecule has 0 saturated carbocycles. The van der Waals surface area contributed by atoms with E-state index < -0.39 is 12.2 Å². The molecule has 0 spiro atoms. The SMILES string of the molecule is CNc1nc(N2CC(O)C(O)C2)c2ccsc2n1. The first-order valence-corrected chi connectivity index (χ1v) is 6.61. The standard InChI is InChI=1S/C11H14N4O2S/c1-12-11-13-9(6-2-3-18-10(6)14-11)15-4-7(16)8(17)5-15/h2-3,7-8,16-17H,4-5H2,1H3,(H,12,13,14). The molecule has 2 atom stereocenters. The second-order valence-electron chi connectivity index (χ2n) is 4.30. The molecule has 18 heavy (non-hydrogen) atoms. The largest absolute Gasteiger partial charge is 0.389 e. The maximum Gasteiger partial charge on any atom is 0.225 e. The van der Waals surface area contributed by atoms with Crippen molar-refractivity contribution in [3.8, 4) is 0 Å². The molecule has 1 fully saturated rings. The number of aliphatic hydroxyl groups is 2. The Morgan fingerprint density at radius 3 is 2.72 bits per heavy atom. The first-order valence-electron chi connectivity index (χ1n) is 5.73. The molecule has 2 aromatic heterocycles. The Balaban J connectivity index is 2.07. The summed E-state index contributed by atoms with van der Waals surface area (Å²) in [5, 5.41) is 25.1. The van der Waals surface area contributed by atoms with Crippen LogP contribution >= 0.6 is 11.3 Å². The Bertz CT molecular complexity index is 563. The van der Waals surface area contributed by atoms with Crippen molar-refractivity contribution in [1.29, 1.82) is 0 Å². The number of hydrogen-bond acceptors (Lipinski definition) is 7. The van der Waals surface area contributed by atoms with E-state index in [1.807, 2.05) is 16.3 Å². The lowest BCUT2D eigenvalue weighted by atomic mass is 10.3. The summed E-state index contributed by atoms with van der Waals surface area (Å²) in [5.74, 6) is 1.32. The van der Waals surface area contributed by atoms with Crippen LogP contribution in [0, 0.1) is 0 Å².